The average molecular weight is 322 g/mol. The Morgan fingerprint density at radius 2 is 2.11 bits per heavy atom. The Hall–Kier alpha value is -1.24. The summed E-state index contributed by atoms with van der Waals surface area (Å²) in [6, 6.07) is 4.41. The van der Waals surface area contributed by atoms with E-state index in [-0.39, 0.29) is 5.95 Å². The molecule has 0 amide bonds. The van der Waals surface area contributed by atoms with E-state index in [1.807, 2.05) is 0 Å². The molecule has 1 heterocycles. The van der Waals surface area contributed by atoms with Crippen LogP contribution in [-0.4, -0.2) is 15.7 Å². The van der Waals surface area contributed by atoms with Crippen molar-refractivity contribution in [2.45, 2.75) is 25.6 Å². The Kier molecular flexibility index (Phi) is 3.27. The summed E-state index contributed by atoms with van der Waals surface area (Å²) in [6.07, 6.45) is -5.16. The molecule has 0 saturated heterocycles. The normalized spacial score (nSPS) is 14.1. The maximum absolute atomic E-state index is 12.4. The highest BCUT2D eigenvalue weighted by Crippen LogP contribution is 2.32. The Labute approximate surface area is 110 Å². The molecule has 0 saturated carbocycles. The van der Waals surface area contributed by atoms with Gasteiger partial charge >= 0.3 is 6.18 Å². The van der Waals surface area contributed by atoms with E-state index in [0.29, 0.717) is 11.0 Å². The summed E-state index contributed by atoms with van der Waals surface area (Å²) in [4.78, 5) is 4.06. The molecule has 0 spiro atoms. The lowest BCUT2D eigenvalue weighted by Gasteiger charge is -2.17. The van der Waals surface area contributed by atoms with E-state index in [1.165, 1.54) is 11.5 Å². The first kappa shape index (κ1) is 13.2. The highest BCUT2D eigenvalue weighted by molar-refractivity contribution is 9.10. The zero-order valence-corrected chi connectivity index (χ0v) is 11.1. The number of anilines is 1. The Balaban J connectivity index is 2.49. The molecule has 3 nitrogen and oxygen atoms in total. The van der Waals surface area contributed by atoms with Gasteiger partial charge in [0.25, 0.3) is 0 Å². The maximum atomic E-state index is 12.4. The summed E-state index contributed by atoms with van der Waals surface area (Å²) < 4.78 is 39.5. The minimum Gasteiger partial charge on any atom is -0.369 e. The molecule has 1 unspecified atom stereocenters. The van der Waals surface area contributed by atoms with Crippen LogP contribution in [0.3, 0.4) is 0 Å². The molecule has 2 aromatic rings. The van der Waals surface area contributed by atoms with Gasteiger partial charge in [-0.1, -0.05) is 15.9 Å². The molecule has 1 aromatic carbocycles. The standard InChI is InChI=1S/C11H11BrF3N3/c1-6(5-11(13,14)15)18-9-4-7(12)2-3-8(9)17-10(18)16/h2-4,6H,5H2,1H3,(H2,16,17). The third-order valence-electron chi connectivity index (χ3n) is 2.65. The van der Waals surface area contributed by atoms with Crippen molar-refractivity contribution in [2.24, 2.45) is 0 Å². The third kappa shape index (κ3) is 2.60. The first-order valence-corrected chi connectivity index (χ1v) is 6.07. The fraction of sp³-hybridized carbons (Fsp3) is 0.364. The molecule has 2 N–H and O–H groups in total. The topological polar surface area (TPSA) is 43.8 Å². The number of alkyl halides is 3. The third-order valence-corrected chi connectivity index (χ3v) is 3.14. The van der Waals surface area contributed by atoms with E-state index in [1.54, 1.807) is 18.2 Å². The minimum atomic E-state index is -4.23. The van der Waals surface area contributed by atoms with Gasteiger partial charge in [-0.05, 0) is 25.1 Å². The predicted octanol–water partition coefficient (Wildman–Crippen LogP) is 3.89. The van der Waals surface area contributed by atoms with Gasteiger partial charge in [0.1, 0.15) is 0 Å². The molecule has 0 radical (unpaired) electrons. The molecular weight excluding hydrogens is 311 g/mol. The Bertz CT molecular complexity index is 577. The van der Waals surface area contributed by atoms with Crippen LogP contribution in [0.15, 0.2) is 22.7 Å². The van der Waals surface area contributed by atoms with Gasteiger partial charge < -0.3 is 10.3 Å². The SMILES string of the molecule is CC(CC(F)(F)F)n1c(N)nc2ccc(Br)cc21. The molecule has 1 atom stereocenters. The summed E-state index contributed by atoms with van der Waals surface area (Å²) in [5, 5.41) is 0. The lowest BCUT2D eigenvalue weighted by Crippen LogP contribution is -2.17. The van der Waals surface area contributed by atoms with Gasteiger partial charge in [0.2, 0.25) is 5.95 Å². The maximum Gasteiger partial charge on any atom is 0.391 e. The lowest BCUT2D eigenvalue weighted by molar-refractivity contribution is -0.141. The van der Waals surface area contributed by atoms with Gasteiger partial charge in [0.05, 0.1) is 17.5 Å². The van der Waals surface area contributed by atoms with Crippen LogP contribution in [0, 0.1) is 0 Å². The van der Waals surface area contributed by atoms with Crippen molar-refractivity contribution in [2.75, 3.05) is 5.73 Å². The Morgan fingerprint density at radius 1 is 1.44 bits per heavy atom. The highest BCUT2D eigenvalue weighted by atomic mass is 79.9. The molecule has 0 aliphatic rings. The number of rotatable bonds is 2. The van der Waals surface area contributed by atoms with Gasteiger partial charge in [0, 0.05) is 10.5 Å². The molecule has 1 aromatic heterocycles. The predicted molar refractivity (Wildman–Crippen MR) is 67.2 cm³/mol. The van der Waals surface area contributed by atoms with Gasteiger partial charge in [-0.25, -0.2) is 4.98 Å². The molecule has 0 aliphatic carbocycles. The number of aromatic nitrogens is 2. The van der Waals surface area contributed by atoms with E-state index < -0.39 is 18.6 Å². The Morgan fingerprint density at radius 3 is 2.72 bits per heavy atom. The highest BCUT2D eigenvalue weighted by Gasteiger charge is 2.31. The van der Waals surface area contributed by atoms with Crippen molar-refractivity contribution < 1.29 is 13.2 Å². The fourth-order valence-electron chi connectivity index (χ4n) is 1.97. The van der Waals surface area contributed by atoms with Crippen LogP contribution in [0.25, 0.3) is 11.0 Å². The second-order valence-electron chi connectivity index (χ2n) is 4.14. The number of nitrogen functional groups attached to an aromatic ring is 1. The minimum absolute atomic E-state index is 0.0971. The van der Waals surface area contributed by atoms with Crippen LogP contribution >= 0.6 is 15.9 Å². The lowest BCUT2D eigenvalue weighted by atomic mass is 10.2. The molecule has 0 aliphatic heterocycles. The van der Waals surface area contributed by atoms with Crippen molar-refractivity contribution in [3.63, 3.8) is 0 Å². The van der Waals surface area contributed by atoms with E-state index in [2.05, 4.69) is 20.9 Å². The largest absolute Gasteiger partial charge is 0.391 e. The van der Waals surface area contributed by atoms with Crippen molar-refractivity contribution in [1.82, 2.24) is 9.55 Å². The van der Waals surface area contributed by atoms with E-state index in [4.69, 9.17) is 5.73 Å². The summed E-state index contributed by atoms with van der Waals surface area (Å²) in [6.45, 7) is 1.48. The smallest absolute Gasteiger partial charge is 0.369 e. The fourth-order valence-corrected chi connectivity index (χ4v) is 2.32. The number of imidazole rings is 1. The molecule has 18 heavy (non-hydrogen) atoms. The van der Waals surface area contributed by atoms with Crippen molar-refractivity contribution in [3.8, 4) is 0 Å². The molecule has 7 heteroatoms. The zero-order valence-electron chi connectivity index (χ0n) is 9.50. The second kappa shape index (κ2) is 4.46. The second-order valence-corrected chi connectivity index (χ2v) is 5.06. The van der Waals surface area contributed by atoms with E-state index in [0.717, 1.165) is 4.47 Å². The first-order valence-electron chi connectivity index (χ1n) is 5.27. The first-order chi connectivity index (χ1) is 8.28. The van der Waals surface area contributed by atoms with Crippen LogP contribution in [0.5, 0.6) is 0 Å². The molecule has 2 rings (SSSR count). The summed E-state index contributed by atoms with van der Waals surface area (Å²) in [5.41, 5.74) is 6.88. The molecule has 98 valence electrons. The zero-order chi connectivity index (χ0) is 13.5. The summed E-state index contributed by atoms with van der Waals surface area (Å²) in [5.74, 6) is 0.0971. The van der Waals surface area contributed by atoms with Gasteiger partial charge in [-0.15, -0.1) is 0 Å². The van der Waals surface area contributed by atoms with E-state index in [9.17, 15) is 13.2 Å². The van der Waals surface area contributed by atoms with Crippen LogP contribution in [0.4, 0.5) is 19.1 Å². The van der Waals surface area contributed by atoms with Crippen molar-refractivity contribution in [3.05, 3.63) is 22.7 Å². The van der Waals surface area contributed by atoms with Crippen LogP contribution < -0.4 is 5.73 Å². The van der Waals surface area contributed by atoms with Gasteiger partial charge in [0.15, 0.2) is 0 Å². The molecule has 0 bridgehead atoms. The summed E-state index contributed by atoms with van der Waals surface area (Å²) >= 11 is 3.28. The average Bonchev–Trinajstić information content (AvgIpc) is 2.50. The van der Waals surface area contributed by atoms with Gasteiger partial charge in [-0.2, -0.15) is 13.2 Å². The number of hydrogen-bond acceptors (Lipinski definition) is 2. The van der Waals surface area contributed by atoms with Gasteiger partial charge in [-0.3, -0.25) is 0 Å². The number of fused-ring (bicyclic) bond motifs is 1. The number of halogens is 4. The molecular formula is C11H11BrF3N3. The summed E-state index contributed by atoms with van der Waals surface area (Å²) in [7, 11) is 0. The van der Waals surface area contributed by atoms with Crippen LogP contribution in [0.1, 0.15) is 19.4 Å². The van der Waals surface area contributed by atoms with Crippen molar-refractivity contribution >= 4 is 32.9 Å². The number of benzene rings is 1. The number of hydrogen-bond donors (Lipinski definition) is 1. The number of nitrogens with two attached hydrogens (primary N) is 1. The van der Waals surface area contributed by atoms with Crippen LogP contribution in [0.2, 0.25) is 0 Å². The van der Waals surface area contributed by atoms with E-state index >= 15 is 0 Å². The quantitative estimate of drug-likeness (QED) is 0.911. The number of nitrogens with zero attached hydrogens (tertiary/aromatic N) is 2. The monoisotopic (exact) mass is 321 g/mol. The molecule has 0 fully saturated rings. The van der Waals surface area contributed by atoms with Crippen LogP contribution in [-0.2, 0) is 0 Å². The van der Waals surface area contributed by atoms with Crippen molar-refractivity contribution in [1.29, 1.82) is 0 Å².